The normalized spacial score (nSPS) is 20.5. The molecule has 5 heteroatoms. The number of nitrogens with one attached hydrogen (secondary N) is 2. The zero-order valence-corrected chi connectivity index (χ0v) is 14.2. The van der Waals surface area contributed by atoms with Gasteiger partial charge in [0, 0.05) is 18.7 Å². The largest absolute Gasteiger partial charge is 0.317 e. The highest BCUT2D eigenvalue weighted by molar-refractivity contribution is 5.85. The van der Waals surface area contributed by atoms with Gasteiger partial charge in [-0.05, 0) is 49.9 Å². The molecule has 0 bridgehead atoms. The van der Waals surface area contributed by atoms with Gasteiger partial charge >= 0.3 is 0 Å². The third-order valence-corrected chi connectivity index (χ3v) is 5.36. The fraction of sp³-hybridized carbons (Fsp3) is 0.500. The molecule has 0 unspecified atom stereocenters. The lowest BCUT2D eigenvalue weighted by Gasteiger charge is -2.33. The van der Waals surface area contributed by atoms with Crippen molar-refractivity contribution < 1.29 is 0 Å². The second-order valence-electron chi connectivity index (χ2n) is 6.85. The molecule has 1 aromatic carbocycles. The zero-order valence-electron chi connectivity index (χ0n) is 13.4. The van der Waals surface area contributed by atoms with E-state index >= 15 is 0 Å². The Bertz CT molecular complexity index is 619. The van der Waals surface area contributed by atoms with Crippen molar-refractivity contribution in [2.45, 2.75) is 25.8 Å². The van der Waals surface area contributed by atoms with Crippen molar-refractivity contribution in [3.63, 3.8) is 0 Å². The summed E-state index contributed by atoms with van der Waals surface area (Å²) in [7, 11) is 0. The number of benzene rings is 1. The molecule has 4 nitrogen and oxygen atoms in total. The van der Waals surface area contributed by atoms with Crippen molar-refractivity contribution in [1.82, 2.24) is 20.4 Å². The topological polar surface area (TPSA) is 44.0 Å². The number of halogens is 1. The lowest BCUT2D eigenvalue weighted by atomic mass is 9.78. The van der Waals surface area contributed by atoms with Gasteiger partial charge < -0.3 is 5.32 Å². The van der Waals surface area contributed by atoms with Crippen molar-refractivity contribution in [2.24, 2.45) is 5.41 Å². The van der Waals surface area contributed by atoms with E-state index < -0.39 is 0 Å². The highest BCUT2D eigenvalue weighted by Crippen LogP contribution is 2.39. The minimum atomic E-state index is 0. The first-order chi connectivity index (χ1) is 10.8. The summed E-state index contributed by atoms with van der Waals surface area (Å²) < 4.78 is 0. The number of likely N-dealkylation sites (tertiary alicyclic amines) is 1. The number of hydrogen-bond acceptors (Lipinski definition) is 3. The summed E-state index contributed by atoms with van der Waals surface area (Å²) in [5.74, 6) is 0. The van der Waals surface area contributed by atoms with E-state index in [0.29, 0.717) is 5.41 Å². The first-order valence-corrected chi connectivity index (χ1v) is 8.35. The Balaban J connectivity index is 0.00000156. The summed E-state index contributed by atoms with van der Waals surface area (Å²) in [4.78, 5) is 2.61. The Kier molecular flexibility index (Phi) is 5.05. The van der Waals surface area contributed by atoms with E-state index in [4.69, 9.17) is 0 Å². The molecule has 2 aromatic rings. The van der Waals surface area contributed by atoms with Crippen molar-refractivity contribution in [2.75, 3.05) is 26.2 Å². The number of rotatable bonds is 3. The van der Waals surface area contributed by atoms with Gasteiger partial charge in [0.2, 0.25) is 0 Å². The fourth-order valence-electron chi connectivity index (χ4n) is 4.05. The van der Waals surface area contributed by atoms with Crippen LogP contribution in [0.1, 0.15) is 24.8 Å². The lowest BCUT2D eigenvalue weighted by Crippen LogP contribution is -2.38. The van der Waals surface area contributed by atoms with Crippen LogP contribution in [0.2, 0.25) is 0 Å². The van der Waals surface area contributed by atoms with Gasteiger partial charge in [0.1, 0.15) is 0 Å². The summed E-state index contributed by atoms with van der Waals surface area (Å²) >= 11 is 0. The number of nitrogens with zero attached hydrogens (tertiary/aromatic N) is 2. The van der Waals surface area contributed by atoms with Gasteiger partial charge in [-0.2, -0.15) is 5.10 Å². The van der Waals surface area contributed by atoms with Crippen LogP contribution in [0, 0.1) is 5.41 Å². The van der Waals surface area contributed by atoms with E-state index in [2.05, 4.69) is 50.7 Å². The molecule has 0 aliphatic carbocycles. The maximum Gasteiger partial charge on any atom is 0.0695 e. The standard InChI is InChI=1S/C18H24N4.ClH/c1-2-4-15(5-3-1)17-16(12-20-21-17)13-22-11-8-18(14-22)6-9-19-10-7-18;/h1-5,12,19H,6-11,13-14H2,(H,20,21);1H. The molecule has 0 radical (unpaired) electrons. The van der Waals surface area contributed by atoms with Crippen molar-refractivity contribution in [3.8, 4) is 11.3 Å². The van der Waals surface area contributed by atoms with Crippen molar-refractivity contribution in [1.29, 1.82) is 0 Å². The van der Waals surface area contributed by atoms with Crippen LogP contribution in [0.15, 0.2) is 36.5 Å². The molecule has 3 heterocycles. The number of hydrogen-bond donors (Lipinski definition) is 2. The molecule has 23 heavy (non-hydrogen) atoms. The molecule has 2 aliphatic rings. The second-order valence-corrected chi connectivity index (χ2v) is 6.85. The van der Waals surface area contributed by atoms with Crippen LogP contribution in [-0.4, -0.2) is 41.3 Å². The Morgan fingerprint density at radius 3 is 2.65 bits per heavy atom. The fourth-order valence-corrected chi connectivity index (χ4v) is 4.05. The SMILES string of the molecule is Cl.c1ccc(-c2[nH]ncc2CN2CCC3(CCNCC3)C2)cc1. The Morgan fingerprint density at radius 1 is 1.09 bits per heavy atom. The molecular weight excluding hydrogens is 308 g/mol. The first-order valence-electron chi connectivity index (χ1n) is 8.35. The maximum atomic E-state index is 4.28. The minimum Gasteiger partial charge on any atom is -0.317 e. The van der Waals surface area contributed by atoms with Gasteiger partial charge in [-0.1, -0.05) is 30.3 Å². The Labute approximate surface area is 144 Å². The molecule has 1 aromatic heterocycles. The summed E-state index contributed by atoms with van der Waals surface area (Å²) in [5, 5.41) is 11.0. The minimum absolute atomic E-state index is 0. The van der Waals surface area contributed by atoms with Crippen LogP contribution in [0.5, 0.6) is 0 Å². The first kappa shape index (κ1) is 16.5. The molecule has 124 valence electrons. The van der Waals surface area contributed by atoms with Gasteiger partial charge in [-0.25, -0.2) is 0 Å². The molecule has 2 saturated heterocycles. The van der Waals surface area contributed by atoms with Crippen LogP contribution in [-0.2, 0) is 6.54 Å². The summed E-state index contributed by atoms with van der Waals surface area (Å²) in [6.07, 6.45) is 6.02. The highest BCUT2D eigenvalue weighted by atomic mass is 35.5. The quantitative estimate of drug-likeness (QED) is 0.908. The van der Waals surface area contributed by atoms with Gasteiger partial charge in [-0.3, -0.25) is 10.00 Å². The molecule has 0 saturated carbocycles. The Morgan fingerprint density at radius 2 is 1.87 bits per heavy atom. The van der Waals surface area contributed by atoms with Crippen LogP contribution >= 0.6 is 12.4 Å². The van der Waals surface area contributed by atoms with Gasteiger partial charge in [0.15, 0.2) is 0 Å². The summed E-state index contributed by atoms with van der Waals surface area (Å²) in [5.41, 5.74) is 4.29. The van der Waals surface area contributed by atoms with E-state index in [0.717, 1.165) is 6.54 Å². The van der Waals surface area contributed by atoms with Crippen LogP contribution in [0.25, 0.3) is 11.3 Å². The van der Waals surface area contributed by atoms with E-state index in [1.165, 1.54) is 62.3 Å². The molecule has 0 amide bonds. The number of aromatic amines is 1. The monoisotopic (exact) mass is 332 g/mol. The molecular formula is C18H25ClN4. The van der Waals surface area contributed by atoms with Gasteiger partial charge in [-0.15, -0.1) is 12.4 Å². The van der Waals surface area contributed by atoms with E-state index in [9.17, 15) is 0 Å². The molecule has 1 spiro atoms. The molecule has 2 N–H and O–H groups in total. The predicted octanol–water partition coefficient (Wildman–Crippen LogP) is 3.07. The summed E-state index contributed by atoms with van der Waals surface area (Å²) in [6.45, 7) is 5.85. The average molecular weight is 333 g/mol. The number of piperidine rings is 1. The lowest BCUT2D eigenvalue weighted by molar-refractivity contribution is 0.194. The molecule has 0 atom stereocenters. The van der Waals surface area contributed by atoms with Crippen molar-refractivity contribution >= 4 is 12.4 Å². The average Bonchev–Trinajstić information content (AvgIpc) is 3.17. The van der Waals surface area contributed by atoms with Crippen molar-refractivity contribution in [3.05, 3.63) is 42.1 Å². The second kappa shape index (κ2) is 7.04. The van der Waals surface area contributed by atoms with E-state index in [1.807, 2.05) is 6.20 Å². The van der Waals surface area contributed by atoms with Crippen LogP contribution < -0.4 is 5.32 Å². The van der Waals surface area contributed by atoms with Crippen LogP contribution in [0.3, 0.4) is 0 Å². The highest BCUT2D eigenvalue weighted by Gasteiger charge is 2.38. The van der Waals surface area contributed by atoms with E-state index in [1.54, 1.807) is 0 Å². The maximum absolute atomic E-state index is 4.28. The third kappa shape index (κ3) is 3.44. The van der Waals surface area contributed by atoms with E-state index in [-0.39, 0.29) is 12.4 Å². The molecule has 2 fully saturated rings. The van der Waals surface area contributed by atoms with Gasteiger partial charge in [0.25, 0.3) is 0 Å². The zero-order chi connectivity index (χ0) is 14.8. The Hall–Kier alpha value is -1.36. The smallest absolute Gasteiger partial charge is 0.0695 e. The predicted molar refractivity (Wildman–Crippen MR) is 95.7 cm³/mol. The molecule has 2 aliphatic heterocycles. The number of aromatic nitrogens is 2. The third-order valence-electron chi connectivity index (χ3n) is 5.36. The van der Waals surface area contributed by atoms with Gasteiger partial charge in [0.05, 0.1) is 11.9 Å². The summed E-state index contributed by atoms with van der Waals surface area (Å²) in [6, 6.07) is 10.5. The molecule has 4 rings (SSSR count). The number of H-pyrrole nitrogens is 1. The van der Waals surface area contributed by atoms with Crippen LogP contribution in [0.4, 0.5) is 0 Å².